The minimum atomic E-state index is 0.101. The Hall–Kier alpha value is -2.74. The van der Waals surface area contributed by atoms with Gasteiger partial charge in [-0.2, -0.15) is 0 Å². The maximum atomic E-state index is 12.3. The molecule has 3 aromatic rings. The van der Waals surface area contributed by atoms with Gasteiger partial charge in [-0.15, -0.1) is 0 Å². The molecule has 0 saturated carbocycles. The van der Waals surface area contributed by atoms with Gasteiger partial charge in [0.2, 0.25) is 5.91 Å². The van der Waals surface area contributed by atoms with Crippen molar-refractivity contribution in [2.45, 2.75) is 32.0 Å². The third-order valence-corrected chi connectivity index (χ3v) is 6.67. The Morgan fingerprint density at radius 3 is 2.52 bits per heavy atom. The molecule has 2 fully saturated rings. The molecule has 1 unspecified atom stereocenters. The molecule has 0 aliphatic carbocycles. The van der Waals surface area contributed by atoms with Crippen LogP contribution < -0.4 is 5.32 Å². The second kappa shape index (κ2) is 10.5. The number of carbonyl (C=O) groups is 1. The van der Waals surface area contributed by atoms with Crippen LogP contribution in [-0.4, -0.2) is 77.2 Å². The molecule has 7 heteroatoms. The Bertz CT molecular complexity index is 1050. The van der Waals surface area contributed by atoms with Crippen molar-refractivity contribution in [1.29, 1.82) is 0 Å². The van der Waals surface area contributed by atoms with Crippen molar-refractivity contribution in [2.75, 3.05) is 45.9 Å². The monoisotopic (exact) mass is 447 g/mol. The molecule has 0 spiro atoms. The van der Waals surface area contributed by atoms with Crippen molar-refractivity contribution in [3.63, 3.8) is 0 Å². The molecule has 5 rings (SSSR count). The summed E-state index contributed by atoms with van der Waals surface area (Å²) in [6.07, 6.45) is 2.34. The van der Waals surface area contributed by atoms with Crippen LogP contribution in [0.1, 0.15) is 24.2 Å². The van der Waals surface area contributed by atoms with E-state index in [-0.39, 0.29) is 12.0 Å². The van der Waals surface area contributed by atoms with E-state index in [0.717, 1.165) is 70.1 Å². The second-order valence-corrected chi connectivity index (χ2v) is 9.08. The number of hydrogen-bond donors (Lipinski definition) is 1. The summed E-state index contributed by atoms with van der Waals surface area (Å²) in [7, 11) is 0. The summed E-state index contributed by atoms with van der Waals surface area (Å²) in [5.41, 5.74) is 3.50. The first kappa shape index (κ1) is 22.1. The maximum Gasteiger partial charge on any atom is 0.234 e. The normalized spacial score (nSPS) is 19.8. The van der Waals surface area contributed by atoms with Gasteiger partial charge in [0.15, 0.2) is 0 Å². The molecule has 1 N–H and O–H groups in total. The number of benzene rings is 2. The van der Waals surface area contributed by atoms with Crippen molar-refractivity contribution in [2.24, 2.45) is 0 Å². The molecule has 1 aromatic heterocycles. The molecular formula is C26H33N5O2. The quantitative estimate of drug-likeness (QED) is 0.575. The van der Waals surface area contributed by atoms with Crippen LogP contribution in [-0.2, 0) is 22.6 Å². The van der Waals surface area contributed by atoms with E-state index in [1.54, 1.807) is 0 Å². The highest BCUT2D eigenvalue weighted by Gasteiger charge is 2.22. The van der Waals surface area contributed by atoms with Gasteiger partial charge in [-0.25, -0.2) is 4.98 Å². The van der Waals surface area contributed by atoms with Crippen LogP contribution >= 0.6 is 0 Å². The number of ether oxygens (including phenoxy) is 1. The molecule has 2 saturated heterocycles. The fourth-order valence-electron chi connectivity index (χ4n) is 4.79. The van der Waals surface area contributed by atoms with E-state index in [1.165, 1.54) is 11.1 Å². The van der Waals surface area contributed by atoms with Crippen molar-refractivity contribution >= 4 is 16.9 Å². The fourth-order valence-corrected chi connectivity index (χ4v) is 4.79. The van der Waals surface area contributed by atoms with Crippen LogP contribution in [0, 0.1) is 0 Å². The Morgan fingerprint density at radius 2 is 1.73 bits per heavy atom. The van der Waals surface area contributed by atoms with Crippen LogP contribution in [0.2, 0.25) is 0 Å². The van der Waals surface area contributed by atoms with E-state index < -0.39 is 0 Å². The summed E-state index contributed by atoms with van der Waals surface area (Å²) in [5.74, 6) is 1.20. The molecule has 2 aliphatic heterocycles. The molecule has 3 heterocycles. The number of hydrogen-bond acceptors (Lipinski definition) is 5. The molecule has 1 amide bonds. The summed E-state index contributed by atoms with van der Waals surface area (Å²) in [6.45, 7) is 7.23. The molecule has 0 radical (unpaired) electrons. The minimum Gasteiger partial charge on any atom is -0.376 e. The van der Waals surface area contributed by atoms with Gasteiger partial charge in [0, 0.05) is 45.9 Å². The molecule has 33 heavy (non-hydrogen) atoms. The summed E-state index contributed by atoms with van der Waals surface area (Å²) in [4.78, 5) is 22.0. The van der Waals surface area contributed by atoms with Gasteiger partial charge in [0.1, 0.15) is 5.82 Å². The van der Waals surface area contributed by atoms with Crippen molar-refractivity contribution in [3.8, 4) is 0 Å². The lowest BCUT2D eigenvalue weighted by molar-refractivity contribution is -0.123. The smallest absolute Gasteiger partial charge is 0.234 e. The second-order valence-electron chi connectivity index (χ2n) is 9.08. The molecular weight excluding hydrogens is 414 g/mol. The van der Waals surface area contributed by atoms with Gasteiger partial charge in [-0.05, 0) is 30.5 Å². The molecule has 2 aromatic carbocycles. The Labute approximate surface area is 195 Å². The average Bonchev–Trinajstić information content (AvgIpc) is 3.48. The van der Waals surface area contributed by atoms with Gasteiger partial charge in [-0.1, -0.05) is 42.5 Å². The number of aromatic nitrogens is 2. The fraction of sp³-hybridized carbons (Fsp3) is 0.462. The molecule has 174 valence electrons. The van der Waals surface area contributed by atoms with Crippen LogP contribution in [0.5, 0.6) is 0 Å². The number of amides is 1. The van der Waals surface area contributed by atoms with Crippen LogP contribution in [0.3, 0.4) is 0 Å². The number of nitrogens with zero attached hydrogens (tertiary/aromatic N) is 4. The number of piperazine rings is 1. The number of para-hydroxylation sites is 2. The first-order valence-electron chi connectivity index (χ1n) is 12.1. The summed E-state index contributed by atoms with van der Waals surface area (Å²) >= 11 is 0. The topological polar surface area (TPSA) is 62.6 Å². The lowest BCUT2D eigenvalue weighted by atomic mass is 10.2. The van der Waals surface area contributed by atoms with Gasteiger partial charge in [0.05, 0.1) is 30.2 Å². The first-order chi connectivity index (χ1) is 16.2. The van der Waals surface area contributed by atoms with E-state index >= 15 is 0 Å². The first-order valence-corrected chi connectivity index (χ1v) is 12.1. The van der Waals surface area contributed by atoms with E-state index in [2.05, 4.69) is 74.3 Å². The third kappa shape index (κ3) is 5.61. The van der Waals surface area contributed by atoms with E-state index in [9.17, 15) is 4.79 Å². The summed E-state index contributed by atoms with van der Waals surface area (Å²) in [6, 6.07) is 18.9. The Morgan fingerprint density at radius 1 is 0.970 bits per heavy atom. The van der Waals surface area contributed by atoms with E-state index in [4.69, 9.17) is 9.72 Å². The highest BCUT2D eigenvalue weighted by atomic mass is 16.5. The standard InChI is InChI=1S/C26H33N5O2/c32-26(27-17-22-9-6-16-33-22)20-30-14-12-29(13-15-30)19-25-28-23-10-4-5-11-24(23)31(25)18-21-7-2-1-3-8-21/h1-5,7-8,10-11,22H,6,9,12-20H2,(H,27,32). The molecule has 2 aliphatic rings. The maximum absolute atomic E-state index is 12.3. The third-order valence-electron chi connectivity index (χ3n) is 6.67. The zero-order valence-corrected chi connectivity index (χ0v) is 19.2. The number of carbonyl (C=O) groups excluding carboxylic acids is 1. The van der Waals surface area contributed by atoms with E-state index in [0.29, 0.717) is 13.1 Å². The predicted molar refractivity (Wildman–Crippen MR) is 129 cm³/mol. The van der Waals surface area contributed by atoms with Crippen molar-refractivity contribution < 1.29 is 9.53 Å². The SMILES string of the molecule is O=C(CN1CCN(Cc2nc3ccccc3n2Cc2ccccc2)CC1)NCC1CCCO1. The Balaban J connectivity index is 1.17. The number of rotatable bonds is 8. The van der Waals surface area contributed by atoms with Gasteiger partial charge in [0.25, 0.3) is 0 Å². The number of nitrogens with one attached hydrogen (secondary N) is 1. The number of imidazole rings is 1. The summed E-state index contributed by atoms with van der Waals surface area (Å²) < 4.78 is 7.93. The van der Waals surface area contributed by atoms with Gasteiger partial charge >= 0.3 is 0 Å². The van der Waals surface area contributed by atoms with Crippen molar-refractivity contribution in [1.82, 2.24) is 24.7 Å². The average molecular weight is 448 g/mol. The zero-order chi connectivity index (χ0) is 22.5. The summed E-state index contributed by atoms with van der Waals surface area (Å²) in [5, 5.41) is 3.04. The highest BCUT2D eigenvalue weighted by molar-refractivity contribution is 5.78. The van der Waals surface area contributed by atoms with Gasteiger partial charge in [-0.3, -0.25) is 14.6 Å². The van der Waals surface area contributed by atoms with Gasteiger partial charge < -0.3 is 14.6 Å². The minimum absolute atomic E-state index is 0.101. The highest BCUT2D eigenvalue weighted by Crippen LogP contribution is 2.20. The van der Waals surface area contributed by atoms with Crippen molar-refractivity contribution in [3.05, 3.63) is 66.0 Å². The molecule has 1 atom stereocenters. The largest absolute Gasteiger partial charge is 0.376 e. The predicted octanol–water partition coefficient (Wildman–Crippen LogP) is 2.50. The molecule has 0 bridgehead atoms. The number of fused-ring (bicyclic) bond motifs is 1. The van der Waals surface area contributed by atoms with Crippen LogP contribution in [0.25, 0.3) is 11.0 Å². The Kier molecular flexibility index (Phi) is 7.00. The zero-order valence-electron chi connectivity index (χ0n) is 19.2. The lowest BCUT2D eigenvalue weighted by Crippen LogP contribution is -2.49. The lowest BCUT2D eigenvalue weighted by Gasteiger charge is -2.34. The van der Waals surface area contributed by atoms with Crippen LogP contribution in [0.15, 0.2) is 54.6 Å². The van der Waals surface area contributed by atoms with Crippen LogP contribution in [0.4, 0.5) is 0 Å². The molecule has 7 nitrogen and oxygen atoms in total. The van der Waals surface area contributed by atoms with E-state index in [1.807, 2.05) is 0 Å².